The van der Waals surface area contributed by atoms with Crippen LogP contribution in [0, 0.1) is 0 Å². The van der Waals surface area contributed by atoms with Gasteiger partial charge in [0.05, 0.1) is 5.69 Å². The maximum absolute atomic E-state index is 6.55. The molecule has 0 N–H and O–H groups in total. The number of hydrogen-bond acceptors (Lipinski definition) is 4. The number of furan rings is 1. The predicted molar refractivity (Wildman–Crippen MR) is 385 cm³/mol. The van der Waals surface area contributed by atoms with E-state index in [4.69, 9.17) is 4.42 Å². The molecule has 89 heavy (non-hydrogen) atoms. The lowest BCUT2D eigenvalue weighted by molar-refractivity contribution is 0.590. The number of rotatable bonds is 7. The Morgan fingerprint density at radius 3 is 1.15 bits per heavy atom. The van der Waals surface area contributed by atoms with E-state index in [2.05, 4.69) is 346 Å². The van der Waals surface area contributed by atoms with E-state index in [1.54, 1.807) is 0 Å². The van der Waals surface area contributed by atoms with Crippen LogP contribution in [0.1, 0.15) is 158 Å². The van der Waals surface area contributed by atoms with E-state index < -0.39 is 0 Å². The van der Waals surface area contributed by atoms with Crippen LogP contribution in [0.2, 0.25) is 0 Å². The largest absolute Gasteiger partial charge is 0.456 e. The molecule has 5 heteroatoms. The van der Waals surface area contributed by atoms with Crippen LogP contribution in [0.4, 0.5) is 51.2 Å². The van der Waals surface area contributed by atoms with Crippen molar-refractivity contribution in [2.24, 2.45) is 0 Å². The van der Waals surface area contributed by atoms with E-state index in [-0.39, 0.29) is 39.2 Å². The minimum atomic E-state index is -0.117. The van der Waals surface area contributed by atoms with E-state index in [9.17, 15) is 0 Å². The Hall–Kier alpha value is -8.54. The second kappa shape index (κ2) is 21.0. The zero-order valence-corrected chi connectivity index (χ0v) is 56.0. The summed E-state index contributed by atoms with van der Waals surface area (Å²) in [5.74, 6) is 0. The molecule has 0 aliphatic carbocycles. The second-order valence-corrected chi connectivity index (χ2v) is 31.7. The van der Waals surface area contributed by atoms with Crippen LogP contribution in [0.5, 0.6) is 0 Å². The average molecular weight is 1170 g/mol. The Balaban J connectivity index is 1.17. The highest BCUT2D eigenvalue weighted by atomic mass is 16.3. The first-order valence-corrected chi connectivity index (χ1v) is 32.3. The number of hydrogen-bond donors (Lipinski definition) is 0. The Labute approximate surface area is 531 Å². The monoisotopic (exact) mass is 1170 g/mol. The summed E-state index contributed by atoms with van der Waals surface area (Å²) in [7, 11) is 0. The second-order valence-electron chi connectivity index (χ2n) is 31.7. The van der Waals surface area contributed by atoms with Crippen LogP contribution < -0.4 is 31.1 Å². The molecular formula is C84H88BN3O. The van der Waals surface area contributed by atoms with Crippen LogP contribution in [-0.2, 0) is 32.5 Å². The number of para-hydroxylation sites is 1. The molecule has 0 saturated carbocycles. The fraction of sp³-hybridized carbons (Fsp3) is 0.286. The van der Waals surface area contributed by atoms with Gasteiger partial charge in [-0.1, -0.05) is 240 Å². The zero-order chi connectivity index (χ0) is 63.1. The van der Waals surface area contributed by atoms with Gasteiger partial charge in [-0.2, -0.15) is 0 Å². The molecule has 3 heterocycles. The summed E-state index contributed by atoms with van der Waals surface area (Å²) in [5, 5.41) is 2.18. The SMILES string of the molecule is CC(C)(C)c1ccc(-c2cc(-c3ccc(C(C)(C)C)cc3)cc(N3c4ccc(C(C)(C)C)cc4B4c5cc(C(C)(C)C)ccc5N(c5ccc(C(C)(C)C)cc5)c5cc(N(c6ccc(C(C)(C)C)cc6)c6ccc7oc8ccccc8c7c6)cc3c54)c2)cc1. The third-order valence-electron chi connectivity index (χ3n) is 19.0. The number of fused-ring (bicyclic) bond motifs is 7. The molecule has 0 amide bonds. The molecule has 0 radical (unpaired) electrons. The van der Waals surface area contributed by atoms with Crippen molar-refractivity contribution in [3.63, 3.8) is 0 Å². The molecular weight excluding hydrogens is 1080 g/mol. The van der Waals surface area contributed by atoms with Gasteiger partial charge in [0.2, 0.25) is 0 Å². The van der Waals surface area contributed by atoms with E-state index in [0.29, 0.717) is 0 Å². The van der Waals surface area contributed by atoms with Crippen LogP contribution in [-0.4, -0.2) is 6.71 Å². The molecule has 0 bridgehead atoms. The van der Waals surface area contributed by atoms with Crippen LogP contribution in [0.15, 0.2) is 211 Å². The fourth-order valence-electron chi connectivity index (χ4n) is 13.5. The topological polar surface area (TPSA) is 22.9 Å². The van der Waals surface area contributed by atoms with Crippen molar-refractivity contribution in [3.8, 4) is 22.3 Å². The van der Waals surface area contributed by atoms with Gasteiger partial charge in [0.1, 0.15) is 11.2 Å². The van der Waals surface area contributed by atoms with Crippen molar-refractivity contribution >= 4 is 96.2 Å². The van der Waals surface area contributed by atoms with Crippen LogP contribution >= 0.6 is 0 Å². The summed E-state index contributed by atoms with van der Waals surface area (Å²) in [4.78, 5) is 7.71. The van der Waals surface area contributed by atoms with Gasteiger partial charge < -0.3 is 19.1 Å². The third kappa shape index (κ3) is 10.9. The van der Waals surface area contributed by atoms with E-state index in [0.717, 1.165) is 61.8 Å². The van der Waals surface area contributed by atoms with Crippen LogP contribution in [0.25, 0.3) is 44.2 Å². The van der Waals surface area contributed by atoms with Crippen LogP contribution in [0.3, 0.4) is 0 Å². The lowest BCUT2D eigenvalue weighted by Crippen LogP contribution is -2.61. The van der Waals surface area contributed by atoms with Crippen molar-refractivity contribution in [1.82, 2.24) is 0 Å². The molecule has 1 aromatic heterocycles. The summed E-state index contributed by atoms with van der Waals surface area (Å²) < 4.78 is 6.55. The molecule has 2 aliphatic rings. The lowest BCUT2D eigenvalue weighted by Gasteiger charge is -2.45. The van der Waals surface area contributed by atoms with Gasteiger partial charge in [0.25, 0.3) is 6.71 Å². The smallest absolute Gasteiger partial charge is 0.252 e. The zero-order valence-electron chi connectivity index (χ0n) is 56.0. The highest BCUT2D eigenvalue weighted by molar-refractivity contribution is 7.00. The fourth-order valence-corrected chi connectivity index (χ4v) is 13.5. The minimum Gasteiger partial charge on any atom is -0.456 e. The predicted octanol–water partition coefficient (Wildman–Crippen LogP) is 22.3. The maximum atomic E-state index is 6.55. The highest BCUT2D eigenvalue weighted by Gasteiger charge is 2.45. The number of nitrogens with zero attached hydrogens (tertiary/aromatic N) is 3. The van der Waals surface area contributed by atoms with E-state index >= 15 is 0 Å². The summed E-state index contributed by atoms with van der Waals surface area (Å²) in [6, 6.07) is 79.6. The molecule has 0 saturated heterocycles. The van der Waals surface area contributed by atoms with E-state index in [1.807, 2.05) is 0 Å². The maximum Gasteiger partial charge on any atom is 0.252 e. The Kier molecular flexibility index (Phi) is 14.1. The van der Waals surface area contributed by atoms with Crippen molar-refractivity contribution in [3.05, 3.63) is 240 Å². The van der Waals surface area contributed by atoms with Gasteiger partial charge in [0.15, 0.2) is 0 Å². The van der Waals surface area contributed by atoms with Gasteiger partial charge in [-0.25, -0.2) is 0 Å². The Morgan fingerprint density at radius 2 is 0.685 bits per heavy atom. The quantitative estimate of drug-likeness (QED) is 0.148. The molecule has 13 rings (SSSR count). The van der Waals surface area contributed by atoms with Gasteiger partial charge in [-0.05, 0) is 196 Å². The molecule has 0 fully saturated rings. The van der Waals surface area contributed by atoms with Crippen molar-refractivity contribution < 1.29 is 4.42 Å². The molecule has 448 valence electrons. The molecule has 0 unspecified atom stereocenters. The van der Waals surface area contributed by atoms with Crippen molar-refractivity contribution in [1.29, 1.82) is 0 Å². The molecule has 0 spiro atoms. The summed E-state index contributed by atoms with van der Waals surface area (Å²) in [6.07, 6.45) is 0. The van der Waals surface area contributed by atoms with Crippen molar-refractivity contribution in [2.75, 3.05) is 14.7 Å². The number of benzene rings is 10. The summed E-state index contributed by atoms with van der Waals surface area (Å²) in [5.41, 5.74) is 28.0. The van der Waals surface area contributed by atoms with Gasteiger partial charge in [-0.15, -0.1) is 0 Å². The lowest BCUT2D eigenvalue weighted by atomic mass is 9.33. The normalized spacial score (nSPS) is 13.7. The molecule has 0 atom stereocenters. The molecule has 2 aliphatic heterocycles. The van der Waals surface area contributed by atoms with Crippen molar-refractivity contribution in [2.45, 2.75) is 157 Å². The first-order chi connectivity index (χ1) is 41.9. The van der Waals surface area contributed by atoms with Gasteiger partial charge in [-0.3, -0.25) is 0 Å². The van der Waals surface area contributed by atoms with E-state index in [1.165, 1.54) is 83.4 Å². The average Bonchev–Trinajstić information content (AvgIpc) is 1.02. The number of anilines is 9. The first kappa shape index (κ1) is 59.4. The first-order valence-electron chi connectivity index (χ1n) is 32.3. The third-order valence-corrected chi connectivity index (χ3v) is 19.0. The molecule has 4 nitrogen and oxygen atoms in total. The Bertz CT molecular complexity index is 4450. The minimum absolute atomic E-state index is 0.0137. The van der Waals surface area contributed by atoms with Gasteiger partial charge in [0, 0.05) is 56.3 Å². The Morgan fingerprint density at radius 1 is 0.292 bits per heavy atom. The molecule has 10 aromatic carbocycles. The standard InChI is InChI=1S/C84H88BN3O/c1-79(2,3)57-27-23-53(24-28-57)55-45-56(54-25-29-58(30-26-54)80(4,5)6)47-66(46-55)88-73-43-36-62(84(16,17)18)49-71(73)85-70-48-61(83(13,14)15)35-42-72(70)87(64-39-33-60(34-40-64)82(10,11)12)74-51-67(52-75(88)78(74)85)86(63-37-31-59(32-38-63)81(7,8)9)65-41-44-77-69(50-65)68-21-19-20-22-76(68)89-77/h19-52H,1-18H3. The summed E-state index contributed by atoms with van der Waals surface area (Å²) in [6.45, 7) is 41.6. The van der Waals surface area contributed by atoms with Gasteiger partial charge >= 0.3 is 0 Å². The molecule has 11 aromatic rings. The summed E-state index contributed by atoms with van der Waals surface area (Å²) >= 11 is 0. The highest BCUT2D eigenvalue weighted by Crippen LogP contribution is 2.51.